The highest BCUT2D eigenvalue weighted by Crippen LogP contribution is 2.41. The van der Waals surface area contributed by atoms with E-state index in [9.17, 15) is 13.2 Å². The Balaban J connectivity index is 1.85. The third-order valence-corrected chi connectivity index (χ3v) is 5.02. The number of hydrogen-bond donors (Lipinski definition) is 2. The molecule has 1 unspecified atom stereocenters. The van der Waals surface area contributed by atoms with Crippen LogP contribution in [0.15, 0.2) is 42.5 Å². The summed E-state index contributed by atoms with van der Waals surface area (Å²) in [5, 5.41) is 3.04. The maximum Gasteiger partial charge on any atom is 0.251 e. The van der Waals surface area contributed by atoms with E-state index in [1.54, 1.807) is 25.3 Å². The molecule has 1 aliphatic rings. The number of sulfonamides is 1. The summed E-state index contributed by atoms with van der Waals surface area (Å²) < 4.78 is 36.5. The second-order valence-electron chi connectivity index (χ2n) is 7.45. The van der Waals surface area contributed by atoms with Gasteiger partial charge < -0.3 is 14.8 Å². The van der Waals surface area contributed by atoms with Crippen molar-refractivity contribution in [1.82, 2.24) is 5.32 Å². The van der Waals surface area contributed by atoms with Crippen molar-refractivity contribution >= 4 is 21.6 Å². The van der Waals surface area contributed by atoms with Crippen LogP contribution in [0.2, 0.25) is 0 Å². The lowest BCUT2D eigenvalue weighted by molar-refractivity contribution is 0.0617. The molecule has 8 heteroatoms. The summed E-state index contributed by atoms with van der Waals surface area (Å²) in [4.78, 5) is 12.8. The second-order valence-corrected chi connectivity index (χ2v) is 9.20. The van der Waals surface area contributed by atoms with Crippen molar-refractivity contribution in [3.05, 3.63) is 53.6 Å². The second kappa shape index (κ2) is 7.35. The number of methoxy groups -OCH3 is 1. The maximum atomic E-state index is 12.8. The highest BCUT2D eigenvalue weighted by molar-refractivity contribution is 7.92. The van der Waals surface area contributed by atoms with Gasteiger partial charge in [0.25, 0.3) is 5.91 Å². The zero-order chi connectivity index (χ0) is 20.5. The lowest BCUT2D eigenvalue weighted by Gasteiger charge is -2.38. The number of carbonyl (C=O) groups is 1. The van der Waals surface area contributed by atoms with Crippen LogP contribution < -0.4 is 19.5 Å². The number of rotatable bonds is 5. The average Bonchev–Trinajstić information content (AvgIpc) is 2.58. The van der Waals surface area contributed by atoms with Crippen LogP contribution >= 0.6 is 0 Å². The van der Waals surface area contributed by atoms with Crippen LogP contribution in [0.1, 0.15) is 42.2 Å². The van der Waals surface area contributed by atoms with Gasteiger partial charge in [0.1, 0.15) is 17.1 Å². The standard InChI is InChI=1S/C20H24N2O5S/c1-20(2)12-17(16-9-8-15(26-3)11-18(16)27-20)21-19(23)13-6-5-7-14(10-13)22-28(4,24)25/h5-11,17,22H,12H2,1-4H3,(H,21,23). The minimum atomic E-state index is -3.42. The maximum absolute atomic E-state index is 12.8. The van der Waals surface area contributed by atoms with Gasteiger partial charge in [-0.25, -0.2) is 8.42 Å². The summed E-state index contributed by atoms with van der Waals surface area (Å²) in [6.45, 7) is 3.93. The van der Waals surface area contributed by atoms with Crippen LogP contribution in [0.3, 0.4) is 0 Å². The molecule has 28 heavy (non-hydrogen) atoms. The molecule has 0 radical (unpaired) electrons. The van der Waals surface area contributed by atoms with E-state index < -0.39 is 15.6 Å². The van der Waals surface area contributed by atoms with Gasteiger partial charge in [0, 0.05) is 29.3 Å². The fourth-order valence-corrected chi connectivity index (χ4v) is 3.82. The Hall–Kier alpha value is -2.74. The molecule has 0 saturated heterocycles. The van der Waals surface area contributed by atoms with E-state index in [1.165, 1.54) is 6.07 Å². The van der Waals surface area contributed by atoms with Crippen molar-refractivity contribution in [2.75, 3.05) is 18.1 Å². The van der Waals surface area contributed by atoms with Crippen LogP contribution in [0.5, 0.6) is 11.5 Å². The molecule has 1 heterocycles. The fourth-order valence-electron chi connectivity index (χ4n) is 3.27. The molecule has 1 aliphatic heterocycles. The van der Waals surface area contributed by atoms with E-state index in [4.69, 9.17) is 9.47 Å². The molecule has 1 amide bonds. The van der Waals surface area contributed by atoms with Gasteiger partial charge in [0.2, 0.25) is 10.0 Å². The number of anilines is 1. The molecular weight excluding hydrogens is 380 g/mol. The summed E-state index contributed by atoms with van der Waals surface area (Å²) >= 11 is 0. The molecule has 2 N–H and O–H groups in total. The third kappa shape index (κ3) is 4.75. The zero-order valence-electron chi connectivity index (χ0n) is 16.3. The number of benzene rings is 2. The predicted octanol–water partition coefficient (Wildman–Crippen LogP) is 3.10. The number of ether oxygens (including phenoxy) is 2. The molecule has 0 fully saturated rings. The van der Waals surface area contributed by atoms with Crippen molar-refractivity contribution in [2.45, 2.75) is 31.9 Å². The number of hydrogen-bond acceptors (Lipinski definition) is 5. The molecule has 0 aromatic heterocycles. The zero-order valence-corrected chi connectivity index (χ0v) is 17.1. The third-order valence-electron chi connectivity index (χ3n) is 4.41. The van der Waals surface area contributed by atoms with Gasteiger partial charge in [-0.3, -0.25) is 9.52 Å². The smallest absolute Gasteiger partial charge is 0.251 e. The molecule has 1 atom stereocenters. The van der Waals surface area contributed by atoms with Crippen molar-refractivity contribution < 1.29 is 22.7 Å². The number of carbonyl (C=O) groups excluding carboxylic acids is 1. The highest BCUT2D eigenvalue weighted by atomic mass is 32.2. The lowest BCUT2D eigenvalue weighted by Crippen LogP contribution is -2.41. The Morgan fingerprint density at radius 3 is 2.64 bits per heavy atom. The van der Waals surface area contributed by atoms with Crippen molar-refractivity contribution in [2.24, 2.45) is 0 Å². The first-order valence-corrected chi connectivity index (χ1v) is 10.7. The van der Waals surface area contributed by atoms with Gasteiger partial charge >= 0.3 is 0 Å². The predicted molar refractivity (Wildman–Crippen MR) is 107 cm³/mol. The quantitative estimate of drug-likeness (QED) is 0.799. The fraction of sp³-hybridized carbons (Fsp3) is 0.350. The monoisotopic (exact) mass is 404 g/mol. The van der Waals surface area contributed by atoms with Crippen LogP contribution in [0.4, 0.5) is 5.69 Å². The molecule has 0 bridgehead atoms. The first kappa shape index (κ1) is 20.0. The Kier molecular flexibility index (Phi) is 5.25. The Labute approximate surface area is 165 Å². The van der Waals surface area contributed by atoms with Crippen LogP contribution in [0, 0.1) is 0 Å². The summed E-state index contributed by atoms with van der Waals surface area (Å²) in [6, 6.07) is 11.7. The average molecular weight is 404 g/mol. The summed E-state index contributed by atoms with van der Waals surface area (Å²) in [5.41, 5.74) is 1.12. The minimum absolute atomic E-state index is 0.247. The van der Waals surface area contributed by atoms with Crippen LogP contribution in [-0.2, 0) is 10.0 Å². The van der Waals surface area contributed by atoms with Gasteiger partial charge in [-0.2, -0.15) is 0 Å². The van der Waals surface area contributed by atoms with Gasteiger partial charge in [-0.1, -0.05) is 6.07 Å². The first-order valence-electron chi connectivity index (χ1n) is 8.82. The normalized spacial score (nSPS) is 17.8. The van der Waals surface area contributed by atoms with E-state index in [0.29, 0.717) is 29.2 Å². The van der Waals surface area contributed by atoms with Gasteiger partial charge in [0.15, 0.2) is 0 Å². The molecule has 0 spiro atoms. The minimum Gasteiger partial charge on any atom is -0.497 e. The molecule has 0 aliphatic carbocycles. The summed E-state index contributed by atoms with van der Waals surface area (Å²) in [6.07, 6.45) is 1.66. The van der Waals surface area contributed by atoms with Gasteiger partial charge in [-0.05, 0) is 44.2 Å². The van der Waals surface area contributed by atoms with E-state index in [0.717, 1.165) is 11.8 Å². The largest absolute Gasteiger partial charge is 0.497 e. The van der Waals surface area contributed by atoms with E-state index in [1.807, 2.05) is 32.0 Å². The Morgan fingerprint density at radius 1 is 1.21 bits per heavy atom. The summed E-state index contributed by atoms with van der Waals surface area (Å²) in [7, 11) is -1.83. The van der Waals surface area contributed by atoms with Crippen LogP contribution in [-0.4, -0.2) is 33.3 Å². The summed E-state index contributed by atoms with van der Waals surface area (Å²) in [5.74, 6) is 1.07. The SMILES string of the molecule is COc1ccc2c(c1)OC(C)(C)CC2NC(=O)c1cccc(NS(C)(=O)=O)c1. The molecular formula is C20H24N2O5S. The van der Waals surface area contributed by atoms with Gasteiger partial charge in [0.05, 0.1) is 19.4 Å². The lowest BCUT2D eigenvalue weighted by atomic mass is 9.89. The first-order chi connectivity index (χ1) is 13.1. The van der Waals surface area contributed by atoms with E-state index >= 15 is 0 Å². The Morgan fingerprint density at radius 2 is 1.96 bits per heavy atom. The molecule has 0 saturated carbocycles. The molecule has 2 aromatic carbocycles. The molecule has 150 valence electrons. The number of fused-ring (bicyclic) bond motifs is 1. The number of nitrogens with one attached hydrogen (secondary N) is 2. The van der Waals surface area contributed by atoms with E-state index in [-0.39, 0.29) is 11.9 Å². The Bertz CT molecular complexity index is 1000. The van der Waals surface area contributed by atoms with E-state index in [2.05, 4.69) is 10.0 Å². The number of amides is 1. The molecule has 3 rings (SSSR count). The molecule has 7 nitrogen and oxygen atoms in total. The van der Waals surface area contributed by atoms with Crippen LogP contribution in [0.25, 0.3) is 0 Å². The van der Waals surface area contributed by atoms with Crippen molar-refractivity contribution in [3.63, 3.8) is 0 Å². The topological polar surface area (TPSA) is 93.7 Å². The highest BCUT2D eigenvalue weighted by Gasteiger charge is 2.35. The molecule has 2 aromatic rings. The van der Waals surface area contributed by atoms with Gasteiger partial charge in [-0.15, -0.1) is 0 Å². The van der Waals surface area contributed by atoms with Crippen molar-refractivity contribution in [3.8, 4) is 11.5 Å². The van der Waals surface area contributed by atoms with Crippen molar-refractivity contribution in [1.29, 1.82) is 0 Å².